The third-order valence-corrected chi connectivity index (χ3v) is 9.30. The Balaban J connectivity index is 1.28. The lowest BCUT2D eigenvalue weighted by molar-refractivity contribution is -0.171. The summed E-state index contributed by atoms with van der Waals surface area (Å²) in [5.74, 6) is -0.287. The van der Waals surface area contributed by atoms with E-state index in [4.69, 9.17) is 32.8 Å². The van der Waals surface area contributed by atoms with E-state index in [1.54, 1.807) is 52.4 Å². The van der Waals surface area contributed by atoms with Gasteiger partial charge in [-0.15, -0.1) is 0 Å². The van der Waals surface area contributed by atoms with Gasteiger partial charge in [-0.1, -0.05) is 31.9 Å². The molecule has 3 saturated heterocycles. The molecule has 4 bridgehead atoms. The number of carbonyl (C=O) groups is 3. The maximum atomic E-state index is 13.2. The van der Waals surface area contributed by atoms with Gasteiger partial charge in [0.15, 0.2) is 0 Å². The highest BCUT2D eigenvalue weighted by Gasteiger charge is 2.37. The van der Waals surface area contributed by atoms with E-state index in [1.165, 1.54) is 6.08 Å². The lowest BCUT2D eigenvalue weighted by atomic mass is 9.91. The van der Waals surface area contributed by atoms with Gasteiger partial charge >= 0.3 is 18.0 Å². The third kappa shape index (κ3) is 15.5. The summed E-state index contributed by atoms with van der Waals surface area (Å²) >= 11 is 0. The monoisotopic (exact) mass is 716 g/mol. The van der Waals surface area contributed by atoms with Crippen LogP contribution in [0.3, 0.4) is 0 Å². The molecule has 0 aromatic carbocycles. The van der Waals surface area contributed by atoms with Crippen molar-refractivity contribution in [2.24, 2.45) is 0 Å². The van der Waals surface area contributed by atoms with Crippen LogP contribution < -0.4 is 5.32 Å². The molecule has 4 rings (SSSR count). The number of fused-ring (bicyclic) bond motifs is 4. The summed E-state index contributed by atoms with van der Waals surface area (Å²) in [6.45, 7) is 7.86. The minimum atomic E-state index is -0.560. The van der Waals surface area contributed by atoms with Crippen molar-refractivity contribution >= 4 is 24.1 Å². The molecular weight excluding hydrogens is 656 g/mol. The van der Waals surface area contributed by atoms with Crippen LogP contribution in [0.25, 0.3) is 6.08 Å². The fourth-order valence-corrected chi connectivity index (χ4v) is 6.95. The lowest BCUT2D eigenvalue weighted by Crippen LogP contribution is -2.42. The zero-order valence-electron chi connectivity index (χ0n) is 31.3. The molecule has 0 saturated carbocycles. The summed E-state index contributed by atoms with van der Waals surface area (Å²) in [5, 5.41) is 2.64. The lowest BCUT2D eigenvalue weighted by Gasteiger charge is -2.38. The van der Waals surface area contributed by atoms with Crippen LogP contribution in [0.15, 0.2) is 28.9 Å². The van der Waals surface area contributed by atoms with Crippen LogP contribution in [0.1, 0.15) is 129 Å². The van der Waals surface area contributed by atoms with Crippen LogP contribution in [0, 0.1) is 0 Å². The van der Waals surface area contributed by atoms with Crippen LogP contribution in [-0.2, 0) is 44.4 Å². The smallest absolute Gasteiger partial charge is 0.407 e. The number of ether oxygens (including phenoxy) is 6. The molecule has 4 heterocycles. The number of aryl methyl sites for hydroxylation is 1. The largest absolute Gasteiger partial charge is 0.462 e. The number of methoxy groups -OCH3 is 1. The van der Waals surface area contributed by atoms with E-state index >= 15 is 0 Å². The van der Waals surface area contributed by atoms with Crippen molar-refractivity contribution in [2.45, 2.75) is 172 Å². The number of aromatic nitrogens is 1. The maximum absolute atomic E-state index is 13.2. The van der Waals surface area contributed by atoms with Crippen molar-refractivity contribution in [1.82, 2.24) is 10.3 Å². The molecule has 3 aliphatic rings. The van der Waals surface area contributed by atoms with Gasteiger partial charge in [0, 0.05) is 39.0 Å². The Morgan fingerprint density at radius 1 is 0.980 bits per heavy atom. The van der Waals surface area contributed by atoms with Gasteiger partial charge < -0.3 is 38.2 Å². The van der Waals surface area contributed by atoms with Gasteiger partial charge in [-0.2, -0.15) is 0 Å². The highest BCUT2D eigenvalue weighted by Crippen LogP contribution is 2.32. The van der Waals surface area contributed by atoms with E-state index in [0.717, 1.165) is 57.1 Å². The van der Waals surface area contributed by atoms with Gasteiger partial charge in [-0.25, -0.2) is 14.6 Å². The molecular formula is C39H60N2O10. The van der Waals surface area contributed by atoms with Crippen molar-refractivity contribution in [3.8, 4) is 0 Å². The minimum absolute atomic E-state index is 0.0644. The molecule has 286 valence electrons. The number of oxazole rings is 1. The molecule has 12 heteroatoms. The van der Waals surface area contributed by atoms with Crippen molar-refractivity contribution < 1.29 is 47.2 Å². The molecule has 3 aliphatic heterocycles. The fraction of sp³-hybridized carbons (Fsp3) is 0.744. The number of esters is 2. The number of rotatable bonds is 13. The van der Waals surface area contributed by atoms with Crippen molar-refractivity contribution in [3.05, 3.63) is 36.1 Å². The first-order valence-electron chi connectivity index (χ1n) is 19.0. The zero-order valence-corrected chi connectivity index (χ0v) is 31.3. The minimum Gasteiger partial charge on any atom is -0.462 e. The topological polar surface area (TPSA) is 145 Å². The molecule has 1 amide bonds. The normalized spacial score (nSPS) is 27.9. The molecule has 4 unspecified atom stereocenters. The van der Waals surface area contributed by atoms with E-state index in [0.29, 0.717) is 44.4 Å². The van der Waals surface area contributed by atoms with E-state index in [9.17, 15) is 14.4 Å². The first-order valence-corrected chi connectivity index (χ1v) is 19.0. The Kier molecular flexibility index (Phi) is 16.5. The third-order valence-electron chi connectivity index (χ3n) is 9.30. The highest BCUT2D eigenvalue weighted by molar-refractivity contribution is 5.82. The predicted molar refractivity (Wildman–Crippen MR) is 191 cm³/mol. The van der Waals surface area contributed by atoms with Gasteiger partial charge in [0.25, 0.3) is 0 Å². The molecule has 51 heavy (non-hydrogen) atoms. The van der Waals surface area contributed by atoms with Crippen molar-refractivity contribution in [3.63, 3.8) is 0 Å². The Labute approximate surface area is 303 Å². The Morgan fingerprint density at radius 2 is 1.71 bits per heavy atom. The van der Waals surface area contributed by atoms with Gasteiger partial charge in [0.1, 0.15) is 24.1 Å². The van der Waals surface area contributed by atoms with E-state index in [2.05, 4.69) is 17.2 Å². The van der Waals surface area contributed by atoms with Gasteiger partial charge in [-0.3, -0.25) is 4.79 Å². The van der Waals surface area contributed by atoms with Crippen LogP contribution in [0.5, 0.6) is 0 Å². The van der Waals surface area contributed by atoms with E-state index in [1.807, 2.05) is 0 Å². The summed E-state index contributed by atoms with van der Waals surface area (Å²) in [6.07, 6.45) is 18.0. The standard InChI is InChI=1S/C39H60N2O10/c1-6-7-8-14-30-20-28-15-11-16-29(47-28)21-31(45-5)22-32-23-33(24-34(48-32)25-37(43)49-30)50-36(42)18-10-9-13-27-26-46-35(41-27)17-12-19-40-38(44)51-39(2,3)4/h10,12,17-18,26,28-34H,6-9,11,13-16,19-25H2,1-5H3,(H,40,44)/b17-12-,18-10-/t28?,29?,30-,31+,32?,33+,34?/m0/s1. The van der Waals surface area contributed by atoms with Crippen molar-refractivity contribution in [2.75, 3.05) is 13.7 Å². The second kappa shape index (κ2) is 20.7. The first kappa shape index (κ1) is 40.5. The Bertz CT molecular complexity index is 1290. The molecule has 1 aromatic heterocycles. The zero-order chi connectivity index (χ0) is 36.6. The van der Waals surface area contributed by atoms with Crippen LogP contribution >= 0.6 is 0 Å². The maximum Gasteiger partial charge on any atom is 0.407 e. The number of nitrogens with zero attached hydrogens (tertiary/aromatic N) is 1. The quantitative estimate of drug-likeness (QED) is 0.0959. The number of hydrogen-bond donors (Lipinski definition) is 1. The molecule has 0 spiro atoms. The summed E-state index contributed by atoms with van der Waals surface area (Å²) in [5.41, 5.74) is 0.180. The van der Waals surface area contributed by atoms with Crippen LogP contribution in [0.4, 0.5) is 4.79 Å². The Morgan fingerprint density at radius 3 is 2.47 bits per heavy atom. The first-order chi connectivity index (χ1) is 24.5. The SMILES string of the molecule is CCCCC[C@H]1CC2CCCC(C[C@@H](OC)CC3C[C@@H](OC(=O)/C=C\CCc4coc(/C=C\CNC(=O)OC(C)(C)C)n4)CC(CC(=O)O1)O3)O2. The number of allylic oxidation sites excluding steroid dienone is 1. The summed E-state index contributed by atoms with van der Waals surface area (Å²) in [6, 6.07) is 0. The fourth-order valence-electron chi connectivity index (χ4n) is 6.95. The molecule has 1 aromatic rings. The number of cyclic esters (lactones) is 1. The van der Waals surface area contributed by atoms with Crippen molar-refractivity contribution in [1.29, 1.82) is 0 Å². The molecule has 3 fully saturated rings. The number of nitrogens with one attached hydrogen (secondary N) is 1. The average molecular weight is 717 g/mol. The molecule has 12 nitrogen and oxygen atoms in total. The summed E-state index contributed by atoms with van der Waals surface area (Å²) < 4.78 is 41.5. The van der Waals surface area contributed by atoms with E-state index < -0.39 is 29.9 Å². The number of alkyl carbamates (subject to hydrolysis) is 1. The van der Waals surface area contributed by atoms with Gasteiger partial charge in [0.05, 0.1) is 42.6 Å². The summed E-state index contributed by atoms with van der Waals surface area (Å²) in [7, 11) is 1.72. The van der Waals surface area contributed by atoms with Crippen LogP contribution in [0.2, 0.25) is 0 Å². The molecule has 0 aliphatic carbocycles. The van der Waals surface area contributed by atoms with Crippen LogP contribution in [-0.4, -0.2) is 85.0 Å². The van der Waals surface area contributed by atoms with E-state index in [-0.39, 0.29) is 49.5 Å². The summed E-state index contributed by atoms with van der Waals surface area (Å²) in [4.78, 5) is 42.3. The predicted octanol–water partition coefficient (Wildman–Crippen LogP) is 7.18. The van der Waals surface area contributed by atoms with Gasteiger partial charge in [-0.05, 0) is 84.6 Å². The number of hydrogen-bond acceptors (Lipinski definition) is 11. The number of unbranched alkanes of at least 4 members (excludes halogenated alkanes) is 2. The number of carbonyl (C=O) groups excluding carboxylic acids is 3. The molecule has 0 radical (unpaired) electrons. The number of amides is 1. The second-order valence-corrected chi connectivity index (χ2v) is 15.0. The molecule has 7 atom stereocenters. The Hall–Kier alpha value is -3.22. The van der Waals surface area contributed by atoms with Gasteiger partial charge in [0.2, 0.25) is 5.89 Å². The second-order valence-electron chi connectivity index (χ2n) is 15.0. The molecule has 1 N–H and O–H groups in total. The highest BCUT2D eigenvalue weighted by atomic mass is 16.6. The average Bonchev–Trinajstić information content (AvgIpc) is 3.51.